The molecule has 0 heterocycles. The Labute approximate surface area is 163 Å². The number of carbonyl (C=O) groups is 1. The van der Waals surface area contributed by atoms with Crippen LogP contribution in [0.1, 0.15) is 31.9 Å². The monoisotopic (exact) mass is 446 g/mol. The maximum atomic E-state index is 11.7. The average molecular weight is 446 g/mol. The van der Waals surface area contributed by atoms with Gasteiger partial charge in [-0.1, -0.05) is 43.7 Å². The van der Waals surface area contributed by atoms with Gasteiger partial charge in [0.05, 0.1) is 0 Å². The van der Waals surface area contributed by atoms with Crippen molar-refractivity contribution in [2.24, 2.45) is 4.99 Å². The number of benzene rings is 1. The van der Waals surface area contributed by atoms with Crippen molar-refractivity contribution in [2.45, 2.75) is 33.1 Å². The predicted octanol–water partition coefficient (Wildman–Crippen LogP) is 2.53. The van der Waals surface area contributed by atoms with Gasteiger partial charge in [-0.25, -0.2) is 4.99 Å². The quantitative estimate of drug-likeness (QED) is 0.401. The predicted molar refractivity (Wildman–Crippen MR) is 112 cm³/mol. The van der Waals surface area contributed by atoms with E-state index in [4.69, 9.17) is 0 Å². The Morgan fingerprint density at radius 3 is 2.25 bits per heavy atom. The number of nitrogens with zero attached hydrogens (tertiary/aromatic N) is 2. The first-order chi connectivity index (χ1) is 10.8. The van der Waals surface area contributed by atoms with Crippen molar-refractivity contribution in [1.82, 2.24) is 15.5 Å². The average Bonchev–Trinajstić information content (AvgIpc) is 2.50. The first-order valence-corrected chi connectivity index (χ1v) is 8.05. The lowest BCUT2D eigenvalue weighted by Gasteiger charge is -2.27. The van der Waals surface area contributed by atoms with Gasteiger partial charge in [-0.15, -0.1) is 24.0 Å². The van der Waals surface area contributed by atoms with Crippen molar-refractivity contribution >= 4 is 35.8 Å². The van der Waals surface area contributed by atoms with E-state index in [0.717, 1.165) is 13.1 Å². The van der Waals surface area contributed by atoms with Gasteiger partial charge in [-0.2, -0.15) is 0 Å². The molecular weight excluding hydrogens is 415 g/mol. The molecule has 0 spiro atoms. The third-order valence-electron chi connectivity index (χ3n) is 3.75. The first kappa shape index (κ1) is 22.7. The van der Waals surface area contributed by atoms with Crippen LogP contribution in [0, 0.1) is 6.92 Å². The van der Waals surface area contributed by atoms with Gasteiger partial charge in [0.15, 0.2) is 5.96 Å². The van der Waals surface area contributed by atoms with E-state index in [1.54, 1.807) is 19.0 Å². The number of hydrogen-bond donors (Lipinski definition) is 2. The fourth-order valence-corrected chi connectivity index (χ4v) is 2.04. The number of guanidine groups is 1. The lowest BCUT2D eigenvalue weighted by Crippen LogP contribution is -2.44. The van der Waals surface area contributed by atoms with Crippen molar-refractivity contribution < 1.29 is 4.79 Å². The minimum Gasteiger partial charge on any atom is -0.357 e. The summed E-state index contributed by atoms with van der Waals surface area (Å²) in [7, 11) is 3.47. The number of likely N-dealkylation sites (N-methyl/N-ethyl adjacent to an activating group) is 1. The van der Waals surface area contributed by atoms with Crippen LogP contribution >= 0.6 is 24.0 Å². The third-order valence-corrected chi connectivity index (χ3v) is 3.75. The number of rotatable bonds is 6. The Morgan fingerprint density at radius 1 is 1.17 bits per heavy atom. The normalized spacial score (nSPS) is 11.5. The van der Waals surface area contributed by atoms with Crippen LogP contribution in [0.4, 0.5) is 0 Å². The molecule has 5 nitrogen and oxygen atoms in total. The number of carbonyl (C=O) groups excluding carboxylic acids is 1. The molecule has 24 heavy (non-hydrogen) atoms. The molecule has 0 radical (unpaired) electrons. The fraction of sp³-hybridized carbons (Fsp3) is 0.556. The number of aliphatic imine (C=N–C) groups is 1. The van der Waals surface area contributed by atoms with E-state index in [1.165, 1.54) is 11.1 Å². The van der Waals surface area contributed by atoms with E-state index < -0.39 is 0 Å². The molecule has 0 aliphatic carbocycles. The zero-order chi connectivity index (χ0) is 17.5. The van der Waals surface area contributed by atoms with Gasteiger partial charge in [0.1, 0.15) is 6.54 Å². The number of aryl methyl sites for hydroxylation is 1. The maximum Gasteiger partial charge on any atom is 0.243 e. The largest absolute Gasteiger partial charge is 0.357 e. The molecule has 0 aromatic heterocycles. The highest BCUT2D eigenvalue weighted by molar-refractivity contribution is 14.0. The minimum absolute atomic E-state index is 0. The van der Waals surface area contributed by atoms with Crippen LogP contribution in [0.15, 0.2) is 29.3 Å². The zero-order valence-electron chi connectivity index (χ0n) is 15.6. The van der Waals surface area contributed by atoms with Gasteiger partial charge in [0.25, 0.3) is 0 Å². The number of nitrogens with one attached hydrogen (secondary N) is 2. The van der Waals surface area contributed by atoms with E-state index in [2.05, 4.69) is 60.7 Å². The number of hydrogen-bond acceptors (Lipinski definition) is 2. The van der Waals surface area contributed by atoms with Crippen LogP contribution in [-0.4, -0.2) is 50.5 Å². The maximum absolute atomic E-state index is 11.7. The number of halogens is 1. The zero-order valence-corrected chi connectivity index (χ0v) is 18.0. The van der Waals surface area contributed by atoms with Gasteiger partial charge in [-0.05, 0) is 19.4 Å². The van der Waals surface area contributed by atoms with Crippen LogP contribution < -0.4 is 10.6 Å². The highest BCUT2D eigenvalue weighted by Crippen LogP contribution is 2.22. The minimum atomic E-state index is -0.0323. The molecule has 6 heteroatoms. The van der Waals surface area contributed by atoms with Crippen LogP contribution in [0.3, 0.4) is 0 Å². The molecule has 2 N–H and O–H groups in total. The topological polar surface area (TPSA) is 56.7 Å². The van der Waals surface area contributed by atoms with Gasteiger partial charge >= 0.3 is 0 Å². The molecule has 0 fully saturated rings. The lowest BCUT2D eigenvalue weighted by atomic mass is 9.84. The van der Waals surface area contributed by atoms with Crippen LogP contribution in [0.25, 0.3) is 0 Å². The summed E-state index contributed by atoms with van der Waals surface area (Å²) in [6.07, 6.45) is 0. The molecular formula is C18H31IN4O. The Morgan fingerprint density at radius 2 is 1.75 bits per heavy atom. The molecule has 0 aliphatic heterocycles. The molecule has 1 rings (SSSR count). The second-order valence-electron chi connectivity index (χ2n) is 6.59. The summed E-state index contributed by atoms with van der Waals surface area (Å²) in [5.74, 6) is 0.655. The lowest BCUT2D eigenvalue weighted by molar-refractivity contribution is -0.127. The van der Waals surface area contributed by atoms with Crippen LogP contribution in [0.2, 0.25) is 0 Å². The van der Waals surface area contributed by atoms with Gasteiger partial charge < -0.3 is 15.5 Å². The Bertz CT molecular complexity index is 538. The van der Waals surface area contributed by atoms with E-state index in [1.807, 2.05) is 6.92 Å². The van der Waals surface area contributed by atoms with Crippen molar-refractivity contribution in [3.8, 4) is 0 Å². The van der Waals surface area contributed by atoms with Crippen molar-refractivity contribution in [2.75, 3.05) is 33.7 Å². The summed E-state index contributed by atoms with van der Waals surface area (Å²) in [5.41, 5.74) is 2.50. The van der Waals surface area contributed by atoms with Crippen molar-refractivity contribution in [3.05, 3.63) is 35.4 Å². The molecule has 0 atom stereocenters. The number of amides is 1. The van der Waals surface area contributed by atoms with Gasteiger partial charge in [-0.3, -0.25) is 4.79 Å². The van der Waals surface area contributed by atoms with Gasteiger partial charge in [0.2, 0.25) is 5.91 Å². The summed E-state index contributed by atoms with van der Waals surface area (Å²) in [5, 5.41) is 6.51. The highest BCUT2D eigenvalue weighted by atomic mass is 127. The van der Waals surface area contributed by atoms with Crippen molar-refractivity contribution in [3.63, 3.8) is 0 Å². The van der Waals surface area contributed by atoms with Gasteiger partial charge in [0, 0.05) is 32.6 Å². The molecule has 1 aromatic carbocycles. The Balaban J connectivity index is 0.00000529. The fourth-order valence-electron chi connectivity index (χ4n) is 2.04. The molecule has 0 saturated carbocycles. The molecule has 1 aromatic rings. The van der Waals surface area contributed by atoms with Crippen LogP contribution in [0.5, 0.6) is 0 Å². The summed E-state index contributed by atoms with van der Waals surface area (Å²) >= 11 is 0. The third kappa shape index (κ3) is 7.51. The Hall–Kier alpha value is -1.31. The summed E-state index contributed by atoms with van der Waals surface area (Å²) in [6, 6.07) is 8.59. The smallest absolute Gasteiger partial charge is 0.243 e. The summed E-state index contributed by atoms with van der Waals surface area (Å²) in [4.78, 5) is 17.6. The molecule has 0 unspecified atom stereocenters. The van der Waals surface area contributed by atoms with Crippen molar-refractivity contribution in [1.29, 1.82) is 0 Å². The first-order valence-electron chi connectivity index (χ1n) is 8.05. The standard InChI is InChI=1S/C18H30N4O.HI/c1-7-19-17(20-12-16(23)22(5)6)21-13-18(3,4)15-10-8-14(2)9-11-15;/h8-11H,7,12-13H2,1-6H3,(H2,19,20,21);1H. The van der Waals surface area contributed by atoms with E-state index in [9.17, 15) is 4.79 Å². The highest BCUT2D eigenvalue weighted by Gasteiger charge is 2.20. The van der Waals surface area contributed by atoms with Crippen LogP contribution in [-0.2, 0) is 10.2 Å². The van der Waals surface area contributed by atoms with E-state index in [-0.39, 0.29) is 41.8 Å². The van der Waals surface area contributed by atoms with E-state index in [0.29, 0.717) is 5.96 Å². The summed E-state index contributed by atoms with van der Waals surface area (Å²) in [6.45, 7) is 10.1. The second kappa shape index (κ2) is 10.5. The molecule has 0 aliphatic rings. The Kier molecular flexibility index (Phi) is 9.96. The second-order valence-corrected chi connectivity index (χ2v) is 6.59. The SMILES string of the molecule is CCNC(=NCC(=O)N(C)C)NCC(C)(C)c1ccc(C)cc1.I. The molecule has 0 bridgehead atoms. The molecule has 1 amide bonds. The molecule has 0 saturated heterocycles. The van der Waals surface area contributed by atoms with E-state index >= 15 is 0 Å². The summed E-state index contributed by atoms with van der Waals surface area (Å²) < 4.78 is 0. The molecule has 136 valence electrons.